The van der Waals surface area contributed by atoms with Gasteiger partial charge in [-0.05, 0) is 37.6 Å². The summed E-state index contributed by atoms with van der Waals surface area (Å²) in [5, 5.41) is 6.44. The van der Waals surface area contributed by atoms with Gasteiger partial charge in [-0.25, -0.2) is 9.78 Å². The van der Waals surface area contributed by atoms with Crippen LogP contribution in [0.3, 0.4) is 0 Å². The van der Waals surface area contributed by atoms with Gasteiger partial charge >= 0.3 is 5.97 Å². The van der Waals surface area contributed by atoms with Gasteiger partial charge in [0.1, 0.15) is 5.82 Å². The topological polar surface area (TPSA) is 76.1 Å². The van der Waals surface area contributed by atoms with E-state index in [4.69, 9.17) is 0 Å². The van der Waals surface area contributed by atoms with E-state index in [9.17, 15) is 4.79 Å². The van der Waals surface area contributed by atoms with Gasteiger partial charge in [0.25, 0.3) is 0 Å². The fourth-order valence-corrected chi connectivity index (χ4v) is 2.04. The van der Waals surface area contributed by atoms with Crippen LogP contribution in [0.2, 0.25) is 0 Å². The molecule has 2 aromatic rings. The second kappa shape index (κ2) is 8.12. The van der Waals surface area contributed by atoms with Crippen LogP contribution in [0.25, 0.3) is 0 Å². The molecular weight excluding hydrogens is 292 g/mol. The molecule has 2 N–H and O–H groups in total. The second-order valence-corrected chi connectivity index (χ2v) is 5.19. The number of hydrogen-bond acceptors (Lipinski definition) is 6. The molecule has 0 amide bonds. The van der Waals surface area contributed by atoms with E-state index in [1.807, 2.05) is 25.1 Å². The summed E-state index contributed by atoms with van der Waals surface area (Å²) in [7, 11) is 1.37. The van der Waals surface area contributed by atoms with Crippen molar-refractivity contribution < 1.29 is 9.53 Å². The summed E-state index contributed by atoms with van der Waals surface area (Å²) < 4.78 is 4.68. The molecule has 0 bridgehead atoms. The highest BCUT2D eigenvalue weighted by Gasteiger charge is 2.06. The summed E-state index contributed by atoms with van der Waals surface area (Å²) >= 11 is 0. The van der Waals surface area contributed by atoms with Crippen LogP contribution in [0.15, 0.2) is 30.3 Å². The maximum Gasteiger partial charge on any atom is 0.337 e. The highest BCUT2D eigenvalue weighted by molar-refractivity contribution is 5.89. The average Bonchev–Trinajstić information content (AvgIpc) is 2.54. The summed E-state index contributed by atoms with van der Waals surface area (Å²) in [6.07, 6.45) is 2.20. The van der Waals surface area contributed by atoms with Crippen molar-refractivity contribution in [1.82, 2.24) is 9.97 Å². The number of aromatic nitrogens is 2. The molecule has 2 rings (SSSR count). The third-order valence-electron chi connectivity index (χ3n) is 3.25. The number of benzene rings is 1. The van der Waals surface area contributed by atoms with E-state index in [0.717, 1.165) is 30.8 Å². The Bertz CT molecular complexity index is 656. The predicted octanol–water partition coefficient (Wildman–Crippen LogP) is 3.53. The van der Waals surface area contributed by atoms with Crippen LogP contribution in [0.4, 0.5) is 17.5 Å². The van der Waals surface area contributed by atoms with Crippen LogP contribution in [-0.4, -0.2) is 29.6 Å². The number of unbranched alkanes of at least 4 members (excludes halogenated alkanes) is 1. The third-order valence-corrected chi connectivity index (χ3v) is 3.25. The number of methoxy groups -OCH3 is 1. The van der Waals surface area contributed by atoms with E-state index in [0.29, 0.717) is 17.3 Å². The van der Waals surface area contributed by atoms with Crippen LogP contribution < -0.4 is 10.6 Å². The lowest BCUT2D eigenvalue weighted by Crippen LogP contribution is -2.07. The van der Waals surface area contributed by atoms with E-state index in [2.05, 4.69) is 32.3 Å². The van der Waals surface area contributed by atoms with Crippen LogP contribution in [-0.2, 0) is 4.74 Å². The van der Waals surface area contributed by atoms with Gasteiger partial charge in [-0.3, -0.25) is 0 Å². The van der Waals surface area contributed by atoms with Gasteiger partial charge in [0.05, 0.1) is 12.7 Å². The van der Waals surface area contributed by atoms with Gasteiger partial charge in [-0.1, -0.05) is 13.3 Å². The summed E-state index contributed by atoms with van der Waals surface area (Å²) in [6, 6.07) is 8.92. The Hall–Kier alpha value is -2.63. The first kappa shape index (κ1) is 16.7. The molecule has 0 fully saturated rings. The van der Waals surface area contributed by atoms with Gasteiger partial charge in [0, 0.05) is 24.0 Å². The third kappa shape index (κ3) is 4.95. The molecule has 0 atom stereocenters. The van der Waals surface area contributed by atoms with Crippen molar-refractivity contribution in [2.45, 2.75) is 26.7 Å². The minimum absolute atomic E-state index is 0.350. The number of anilines is 3. The Morgan fingerprint density at radius 3 is 2.61 bits per heavy atom. The summed E-state index contributed by atoms with van der Waals surface area (Å²) in [5.74, 6) is 0.978. The molecule has 0 aliphatic carbocycles. The number of hydrogen-bond donors (Lipinski definition) is 2. The first-order chi connectivity index (χ1) is 11.1. The smallest absolute Gasteiger partial charge is 0.337 e. The molecule has 0 aliphatic heterocycles. The van der Waals surface area contributed by atoms with E-state index in [-0.39, 0.29) is 5.97 Å². The summed E-state index contributed by atoms with van der Waals surface area (Å²) in [6.45, 7) is 4.93. The molecule has 0 aliphatic rings. The highest BCUT2D eigenvalue weighted by Crippen LogP contribution is 2.17. The standard InChI is InChI=1S/C17H22N4O2/c1-4-5-10-18-17-19-12(2)11-15(21-17)20-14-8-6-13(7-9-14)16(22)23-3/h6-9,11H,4-5,10H2,1-3H3,(H2,18,19,20,21). The summed E-state index contributed by atoms with van der Waals surface area (Å²) in [4.78, 5) is 20.2. The summed E-state index contributed by atoms with van der Waals surface area (Å²) in [5.41, 5.74) is 2.24. The molecule has 23 heavy (non-hydrogen) atoms. The zero-order valence-electron chi connectivity index (χ0n) is 13.7. The Morgan fingerprint density at radius 2 is 1.96 bits per heavy atom. The molecule has 1 heterocycles. The lowest BCUT2D eigenvalue weighted by atomic mass is 10.2. The maximum absolute atomic E-state index is 11.4. The second-order valence-electron chi connectivity index (χ2n) is 5.19. The number of nitrogens with zero attached hydrogens (tertiary/aromatic N) is 2. The predicted molar refractivity (Wildman–Crippen MR) is 91.2 cm³/mol. The van der Waals surface area contributed by atoms with E-state index >= 15 is 0 Å². The monoisotopic (exact) mass is 314 g/mol. The first-order valence-electron chi connectivity index (χ1n) is 7.67. The van der Waals surface area contributed by atoms with Crippen LogP contribution in [0.5, 0.6) is 0 Å². The number of carbonyl (C=O) groups is 1. The number of rotatable bonds is 7. The molecule has 122 valence electrons. The normalized spacial score (nSPS) is 10.2. The quantitative estimate of drug-likeness (QED) is 0.601. The van der Waals surface area contributed by atoms with E-state index in [1.54, 1.807) is 12.1 Å². The van der Waals surface area contributed by atoms with Gasteiger partial charge < -0.3 is 15.4 Å². The fourth-order valence-electron chi connectivity index (χ4n) is 2.04. The Morgan fingerprint density at radius 1 is 1.22 bits per heavy atom. The Balaban J connectivity index is 2.08. The minimum Gasteiger partial charge on any atom is -0.465 e. The average molecular weight is 314 g/mol. The van der Waals surface area contributed by atoms with Crippen molar-refractivity contribution >= 4 is 23.4 Å². The molecule has 1 aromatic heterocycles. The lowest BCUT2D eigenvalue weighted by molar-refractivity contribution is 0.0601. The van der Waals surface area contributed by atoms with Gasteiger partial charge in [-0.2, -0.15) is 4.98 Å². The molecule has 0 saturated carbocycles. The van der Waals surface area contributed by atoms with Crippen molar-refractivity contribution in [1.29, 1.82) is 0 Å². The number of esters is 1. The van der Waals surface area contributed by atoms with Crippen molar-refractivity contribution in [3.05, 3.63) is 41.6 Å². The highest BCUT2D eigenvalue weighted by atomic mass is 16.5. The van der Waals surface area contributed by atoms with Gasteiger partial charge in [0.15, 0.2) is 0 Å². The molecule has 0 saturated heterocycles. The van der Waals surface area contributed by atoms with E-state index in [1.165, 1.54) is 7.11 Å². The molecule has 0 unspecified atom stereocenters. The lowest BCUT2D eigenvalue weighted by Gasteiger charge is -2.10. The zero-order chi connectivity index (χ0) is 16.7. The van der Waals surface area contributed by atoms with Gasteiger partial charge in [0.2, 0.25) is 5.95 Å². The molecule has 0 radical (unpaired) electrons. The fraction of sp³-hybridized carbons (Fsp3) is 0.353. The number of aryl methyl sites for hydroxylation is 1. The number of ether oxygens (including phenoxy) is 1. The maximum atomic E-state index is 11.4. The van der Waals surface area contributed by atoms with Crippen LogP contribution >= 0.6 is 0 Å². The molecule has 6 heteroatoms. The van der Waals surface area contributed by atoms with Crippen molar-refractivity contribution in [3.8, 4) is 0 Å². The minimum atomic E-state index is -0.350. The Kier molecular flexibility index (Phi) is 5.91. The van der Waals surface area contributed by atoms with Crippen molar-refractivity contribution in [2.75, 3.05) is 24.3 Å². The zero-order valence-corrected chi connectivity index (χ0v) is 13.7. The van der Waals surface area contributed by atoms with E-state index < -0.39 is 0 Å². The van der Waals surface area contributed by atoms with Crippen LogP contribution in [0.1, 0.15) is 35.8 Å². The molecule has 0 spiro atoms. The largest absolute Gasteiger partial charge is 0.465 e. The SMILES string of the molecule is CCCCNc1nc(C)cc(Nc2ccc(C(=O)OC)cc2)n1. The molecular formula is C17H22N4O2. The van der Waals surface area contributed by atoms with Crippen molar-refractivity contribution in [2.24, 2.45) is 0 Å². The molecule has 6 nitrogen and oxygen atoms in total. The van der Waals surface area contributed by atoms with Gasteiger partial charge in [-0.15, -0.1) is 0 Å². The first-order valence-corrected chi connectivity index (χ1v) is 7.67. The number of carbonyl (C=O) groups excluding carboxylic acids is 1. The van der Waals surface area contributed by atoms with Crippen molar-refractivity contribution in [3.63, 3.8) is 0 Å². The Labute approximate surface area is 136 Å². The number of nitrogens with one attached hydrogen (secondary N) is 2. The van der Waals surface area contributed by atoms with Crippen LogP contribution in [0, 0.1) is 6.92 Å². The molecule has 1 aromatic carbocycles.